The number of rotatable bonds is 8. The number of piperidine rings is 1. The molecule has 4 rings (SSSR count). The van der Waals surface area contributed by atoms with E-state index in [1.165, 1.54) is 0 Å². The van der Waals surface area contributed by atoms with Crippen molar-refractivity contribution in [2.75, 3.05) is 45.2 Å². The molecule has 1 fully saturated rings. The minimum absolute atomic E-state index is 0.263. The van der Waals surface area contributed by atoms with Crippen LogP contribution in [0, 0.1) is 5.92 Å². The highest BCUT2D eigenvalue weighted by Crippen LogP contribution is 2.25. The molecule has 0 atom stereocenters. The van der Waals surface area contributed by atoms with Crippen molar-refractivity contribution in [2.24, 2.45) is 5.92 Å². The second-order valence-electron chi connectivity index (χ2n) is 10.1. The van der Waals surface area contributed by atoms with Crippen LogP contribution >= 0.6 is 0 Å². The Bertz CT molecular complexity index is 1210. The predicted molar refractivity (Wildman–Crippen MR) is 139 cm³/mol. The number of imidazole rings is 1. The average molecular weight is 510 g/mol. The van der Waals surface area contributed by atoms with Crippen LogP contribution in [0.4, 0.5) is 10.6 Å². The third kappa shape index (κ3) is 6.94. The normalized spacial score (nSPS) is 14.5. The molecule has 4 heterocycles. The summed E-state index contributed by atoms with van der Waals surface area (Å²) in [4.78, 5) is 40.2. The number of pyridine rings is 1. The fourth-order valence-corrected chi connectivity index (χ4v) is 4.13. The fourth-order valence-electron chi connectivity index (χ4n) is 4.13. The number of hydrogen-bond donors (Lipinski definition) is 2. The Morgan fingerprint density at radius 2 is 1.84 bits per heavy atom. The van der Waals surface area contributed by atoms with Crippen molar-refractivity contribution in [1.82, 2.24) is 29.6 Å². The van der Waals surface area contributed by atoms with Gasteiger partial charge in [-0.05, 0) is 51.7 Å². The Morgan fingerprint density at radius 1 is 1.11 bits per heavy atom. The third-order valence-corrected chi connectivity index (χ3v) is 6.06. The molecule has 1 saturated heterocycles. The molecular weight excluding hydrogens is 474 g/mol. The molecule has 37 heavy (non-hydrogen) atoms. The number of hydrogen-bond acceptors (Lipinski definition) is 8. The van der Waals surface area contributed by atoms with Gasteiger partial charge in [-0.1, -0.05) is 0 Å². The summed E-state index contributed by atoms with van der Waals surface area (Å²) in [6.45, 7) is 8.42. The van der Waals surface area contributed by atoms with Crippen LogP contribution in [-0.2, 0) is 9.47 Å². The summed E-state index contributed by atoms with van der Waals surface area (Å²) in [5, 5.41) is 6.26. The average Bonchev–Trinajstić information content (AvgIpc) is 3.32. The number of amides is 2. The van der Waals surface area contributed by atoms with E-state index in [1.807, 2.05) is 43.5 Å². The molecule has 11 nitrogen and oxygen atoms in total. The molecule has 3 aromatic rings. The number of methoxy groups -OCH3 is 1. The molecule has 198 valence electrons. The van der Waals surface area contributed by atoms with Gasteiger partial charge in [-0.15, -0.1) is 0 Å². The molecule has 2 amide bonds. The standard InChI is InChI=1S/C26H35N7O4/c1-26(2,3)37-25(35)32-12-7-18(8-13-32)15-29-22-23-31-21(24(34)28-11-14-36-4)17-33(23)16-20(30-22)19-5-9-27-10-6-19/h5-6,9-10,16-18H,7-8,11-15H2,1-4H3,(H,28,34)(H,29,30). The summed E-state index contributed by atoms with van der Waals surface area (Å²) in [6, 6.07) is 3.78. The summed E-state index contributed by atoms with van der Waals surface area (Å²) < 4.78 is 12.3. The van der Waals surface area contributed by atoms with E-state index in [0.717, 1.165) is 24.1 Å². The molecule has 0 bridgehead atoms. The van der Waals surface area contributed by atoms with Crippen molar-refractivity contribution >= 4 is 23.5 Å². The molecule has 1 aliphatic heterocycles. The first kappa shape index (κ1) is 26.3. The van der Waals surface area contributed by atoms with E-state index in [4.69, 9.17) is 14.5 Å². The van der Waals surface area contributed by atoms with Crippen molar-refractivity contribution in [3.05, 3.63) is 42.6 Å². The van der Waals surface area contributed by atoms with E-state index >= 15 is 0 Å². The lowest BCUT2D eigenvalue weighted by atomic mass is 9.97. The van der Waals surface area contributed by atoms with Crippen LogP contribution in [0.3, 0.4) is 0 Å². The highest BCUT2D eigenvalue weighted by atomic mass is 16.6. The van der Waals surface area contributed by atoms with Crippen molar-refractivity contribution < 1.29 is 19.1 Å². The predicted octanol–water partition coefficient (Wildman–Crippen LogP) is 3.23. The van der Waals surface area contributed by atoms with Crippen molar-refractivity contribution in [1.29, 1.82) is 0 Å². The topological polar surface area (TPSA) is 123 Å². The summed E-state index contributed by atoms with van der Waals surface area (Å²) in [6.07, 6.45) is 8.44. The van der Waals surface area contributed by atoms with Crippen LogP contribution in [0.5, 0.6) is 0 Å². The number of carbonyl (C=O) groups is 2. The van der Waals surface area contributed by atoms with Crippen LogP contribution in [0.15, 0.2) is 36.9 Å². The van der Waals surface area contributed by atoms with Gasteiger partial charge >= 0.3 is 6.09 Å². The van der Waals surface area contributed by atoms with E-state index in [0.29, 0.717) is 55.9 Å². The maximum absolute atomic E-state index is 12.6. The van der Waals surface area contributed by atoms with Gasteiger partial charge in [0.1, 0.15) is 11.3 Å². The van der Waals surface area contributed by atoms with E-state index < -0.39 is 5.60 Å². The van der Waals surface area contributed by atoms with Gasteiger partial charge in [-0.25, -0.2) is 14.8 Å². The lowest BCUT2D eigenvalue weighted by Gasteiger charge is -2.33. The molecule has 0 radical (unpaired) electrons. The minimum atomic E-state index is -0.504. The zero-order chi connectivity index (χ0) is 26.4. The van der Waals surface area contributed by atoms with Gasteiger partial charge in [0.15, 0.2) is 11.5 Å². The highest BCUT2D eigenvalue weighted by Gasteiger charge is 2.27. The summed E-state index contributed by atoms with van der Waals surface area (Å²) >= 11 is 0. The lowest BCUT2D eigenvalue weighted by molar-refractivity contribution is 0.0188. The van der Waals surface area contributed by atoms with Crippen LogP contribution in [-0.4, -0.2) is 81.7 Å². The van der Waals surface area contributed by atoms with Gasteiger partial charge in [-0.2, -0.15) is 0 Å². The first-order valence-corrected chi connectivity index (χ1v) is 12.5. The van der Waals surface area contributed by atoms with Gasteiger partial charge in [-0.3, -0.25) is 9.78 Å². The maximum Gasteiger partial charge on any atom is 0.410 e. The Balaban J connectivity index is 1.49. The molecule has 0 aromatic carbocycles. The number of nitrogens with zero attached hydrogens (tertiary/aromatic N) is 5. The van der Waals surface area contributed by atoms with Gasteiger partial charge in [0.05, 0.1) is 12.3 Å². The molecule has 0 spiro atoms. The van der Waals surface area contributed by atoms with Crippen LogP contribution in [0.25, 0.3) is 16.9 Å². The van der Waals surface area contributed by atoms with Crippen LogP contribution in [0.1, 0.15) is 44.1 Å². The Kier molecular flexibility index (Phi) is 8.22. The van der Waals surface area contributed by atoms with Crippen molar-refractivity contribution in [2.45, 2.75) is 39.2 Å². The number of aromatic nitrogens is 4. The van der Waals surface area contributed by atoms with Gasteiger partial charge < -0.3 is 29.4 Å². The van der Waals surface area contributed by atoms with E-state index in [9.17, 15) is 9.59 Å². The molecular formula is C26H35N7O4. The molecule has 11 heteroatoms. The number of fused-ring (bicyclic) bond motifs is 1. The van der Waals surface area contributed by atoms with Crippen molar-refractivity contribution in [3.63, 3.8) is 0 Å². The Hall–Kier alpha value is -3.73. The number of nitrogens with one attached hydrogen (secondary N) is 2. The second kappa shape index (κ2) is 11.5. The summed E-state index contributed by atoms with van der Waals surface area (Å²) in [5.41, 5.74) is 2.02. The van der Waals surface area contributed by atoms with E-state index in [1.54, 1.807) is 30.6 Å². The first-order chi connectivity index (χ1) is 17.7. The summed E-state index contributed by atoms with van der Waals surface area (Å²) in [7, 11) is 1.59. The minimum Gasteiger partial charge on any atom is -0.444 e. The molecule has 1 aliphatic rings. The maximum atomic E-state index is 12.6. The molecule has 0 saturated carbocycles. The van der Waals surface area contributed by atoms with Crippen LogP contribution in [0.2, 0.25) is 0 Å². The van der Waals surface area contributed by atoms with Crippen LogP contribution < -0.4 is 10.6 Å². The fraction of sp³-hybridized carbons (Fsp3) is 0.500. The number of ether oxygens (including phenoxy) is 2. The smallest absolute Gasteiger partial charge is 0.410 e. The number of anilines is 1. The number of carbonyl (C=O) groups excluding carboxylic acids is 2. The van der Waals surface area contributed by atoms with Gasteiger partial charge in [0.25, 0.3) is 5.91 Å². The zero-order valence-corrected chi connectivity index (χ0v) is 21.9. The second-order valence-corrected chi connectivity index (χ2v) is 10.1. The first-order valence-electron chi connectivity index (χ1n) is 12.5. The third-order valence-electron chi connectivity index (χ3n) is 6.06. The quantitative estimate of drug-likeness (QED) is 0.444. The van der Waals surface area contributed by atoms with E-state index in [2.05, 4.69) is 20.6 Å². The highest BCUT2D eigenvalue weighted by molar-refractivity contribution is 5.93. The SMILES string of the molecule is COCCNC(=O)c1cn2cc(-c3ccncc3)nc(NCC3CCN(C(=O)OC(C)(C)C)CC3)c2n1. The van der Waals surface area contributed by atoms with E-state index in [-0.39, 0.29) is 12.0 Å². The molecule has 0 unspecified atom stereocenters. The Labute approximate surface area is 216 Å². The van der Waals surface area contributed by atoms with Crippen molar-refractivity contribution in [3.8, 4) is 11.3 Å². The molecule has 0 aliphatic carbocycles. The lowest BCUT2D eigenvalue weighted by Crippen LogP contribution is -2.42. The molecule has 3 aromatic heterocycles. The zero-order valence-electron chi connectivity index (χ0n) is 21.9. The van der Waals surface area contributed by atoms with Gasteiger partial charge in [0.2, 0.25) is 0 Å². The summed E-state index contributed by atoms with van der Waals surface area (Å²) in [5.74, 6) is 0.684. The largest absolute Gasteiger partial charge is 0.444 e. The number of likely N-dealkylation sites (tertiary alicyclic amines) is 1. The monoisotopic (exact) mass is 509 g/mol. The Morgan fingerprint density at radius 3 is 2.51 bits per heavy atom. The molecule has 2 N–H and O–H groups in total. The van der Waals surface area contributed by atoms with Gasteiger partial charge in [0, 0.05) is 63.6 Å².